The molecule has 2 aromatic rings. The van der Waals surface area contributed by atoms with E-state index in [-0.39, 0.29) is 5.75 Å². The topological polar surface area (TPSA) is 46.2 Å². The van der Waals surface area contributed by atoms with Gasteiger partial charge in [-0.15, -0.1) is 0 Å². The summed E-state index contributed by atoms with van der Waals surface area (Å²) in [6, 6.07) is 10.9. The van der Waals surface area contributed by atoms with E-state index in [1.807, 2.05) is 31.2 Å². The Morgan fingerprint density at radius 2 is 1.88 bits per heavy atom. The first-order valence-corrected chi connectivity index (χ1v) is 5.31. The van der Waals surface area contributed by atoms with Crippen molar-refractivity contribution in [1.82, 2.24) is 0 Å². The number of hydrogen-bond acceptors (Lipinski definition) is 2. The molecular formula is C13H12ClNO. The van der Waals surface area contributed by atoms with Crippen molar-refractivity contribution in [3.8, 4) is 16.9 Å². The highest BCUT2D eigenvalue weighted by Crippen LogP contribution is 2.36. The number of para-hydroxylation sites is 1. The maximum absolute atomic E-state index is 9.55. The molecule has 82 valence electrons. The molecule has 2 aromatic carbocycles. The highest BCUT2D eigenvalue weighted by Gasteiger charge is 2.09. The predicted octanol–water partition coefficient (Wildman–Crippen LogP) is 3.60. The van der Waals surface area contributed by atoms with Crippen molar-refractivity contribution in [1.29, 1.82) is 0 Å². The minimum absolute atomic E-state index is 0.0788. The van der Waals surface area contributed by atoms with Gasteiger partial charge in [0.15, 0.2) is 0 Å². The number of benzene rings is 2. The number of phenols is 1. The summed E-state index contributed by atoms with van der Waals surface area (Å²) in [7, 11) is 0. The molecule has 0 aromatic heterocycles. The Kier molecular flexibility index (Phi) is 2.75. The van der Waals surface area contributed by atoms with Crippen LogP contribution in [-0.2, 0) is 0 Å². The molecule has 0 fully saturated rings. The van der Waals surface area contributed by atoms with Crippen LogP contribution in [0.2, 0.25) is 5.02 Å². The fraction of sp³-hybridized carbons (Fsp3) is 0.0769. The van der Waals surface area contributed by atoms with Crippen LogP contribution in [0.3, 0.4) is 0 Å². The third-order valence-corrected chi connectivity index (χ3v) is 2.82. The van der Waals surface area contributed by atoms with Gasteiger partial charge >= 0.3 is 0 Å². The molecule has 0 saturated heterocycles. The summed E-state index contributed by atoms with van der Waals surface area (Å²) < 4.78 is 0. The van der Waals surface area contributed by atoms with Crippen LogP contribution >= 0.6 is 11.6 Å². The van der Waals surface area contributed by atoms with Crippen LogP contribution in [0, 0.1) is 6.92 Å². The van der Waals surface area contributed by atoms with Crippen LogP contribution in [-0.4, -0.2) is 5.11 Å². The number of anilines is 1. The van der Waals surface area contributed by atoms with Crippen molar-refractivity contribution < 1.29 is 5.11 Å². The van der Waals surface area contributed by atoms with Crippen molar-refractivity contribution in [3.05, 3.63) is 47.0 Å². The predicted molar refractivity (Wildman–Crippen MR) is 67.7 cm³/mol. The number of hydrogen-bond donors (Lipinski definition) is 2. The van der Waals surface area contributed by atoms with Gasteiger partial charge < -0.3 is 10.8 Å². The molecule has 0 aliphatic rings. The molecule has 0 heterocycles. The number of nitrogens with two attached hydrogens (primary N) is 1. The zero-order valence-electron chi connectivity index (χ0n) is 8.87. The summed E-state index contributed by atoms with van der Waals surface area (Å²) in [5.41, 5.74) is 8.88. The smallest absolute Gasteiger partial charge is 0.139 e. The molecule has 0 aliphatic carbocycles. The summed E-state index contributed by atoms with van der Waals surface area (Å²) in [5.74, 6) is 0.0788. The summed E-state index contributed by atoms with van der Waals surface area (Å²) in [4.78, 5) is 0. The van der Waals surface area contributed by atoms with Gasteiger partial charge in [0.1, 0.15) is 5.75 Å². The van der Waals surface area contributed by atoms with E-state index >= 15 is 0 Å². The molecule has 0 unspecified atom stereocenters. The molecular weight excluding hydrogens is 222 g/mol. The Morgan fingerprint density at radius 1 is 1.12 bits per heavy atom. The van der Waals surface area contributed by atoms with E-state index in [1.54, 1.807) is 12.1 Å². The lowest BCUT2D eigenvalue weighted by Crippen LogP contribution is -1.91. The van der Waals surface area contributed by atoms with Gasteiger partial charge in [-0.3, -0.25) is 0 Å². The van der Waals surface area contributed by atoms with E-state index in [0.29, 0.717) is 10.7 Å². The lowest BCUT2D eigenvalue weighted by Gasteiger charge is -2.09. The molecule has 0 spiro atoms. The van der Waals surface area contributed by atoms with Crippen molar-refractivity contribution in [2.45, 2.75) is 6.92 Å². The van der Waals surface area contributed by atoms with Crippen LogP contribution in [0.1, 0.15) is 5.56 Å². The van der Waals surface area contributed by atoms with Gasteiger partial charge in [0.2, 0.25) is 0 Å². The molecule has 0 atom stereocenters. The van der Waals surface area contributed by atoms with Gasteiger partial charge in [-0.25, -0.2) is 0 Å². The second kappa shape index (κ2) is 4.06. The second-order valence-corrected chi connectivity index (χ2v) is 4.13. The maximum atomic E-state index is 9.55. The van der Waals surface area contributed by atoms with Gasteiger partial charge in [0, 0.05) is 16.1 Å². The Balaban J connectivity index is 2.67. The van der Waals surface area contributed by atoms with E-state index < -0.39 is 0 Å². The molecule has 0 bridgehead atoms. The SMILES string of the molecule is Cc1ccc(Cl)c(-c2cccc(O)c2N)c1. The molecule has 0 saturated carbocycles. The van der Waals surface area contributed by atoms with Crippen molar-refractivity contribution in [2.24, 2.45) is 0 Å². The zero-order valence-corrected chi connectivity index (χ0v) is 9.62. The summed E-state index contributed by atoms with van der Waals surface area (Å²) >= 11 is 6.12. The normalized spacial score (nSPS) is 10.4. The summed E-state index contributed by atoms with van der Waals surface area (Å²) in [5, 5.41) is 10.2. The molecule has 0 radical (unpaired) electrons. The zero-order chi connectivity index (χ0) is 11.7. The molecule has 3 N–H and O–H groups in total. The number of nitrogen functional groups attached to an aromatic ring is 1. The highest BCUT2D eigenvalue weighted by atomic mass is 35.5. The second-order valence-electron chi connectivity index (χ2n) is 3.72. The van der Waals surface area contributed by atoms with Gasteiger partial charge in [-0.2, -0.15) is 0 Å². The average Bonchev–Trinajstić information content (AvgIpc) is 2.26. The quantitative estimate of drug-likeness (QED) is 0.584. The average molecular weight is 234 g/mol. The fourth-order valence-electron chi connectivity index (χ4n) is 1.63. The summed E-state index contributed by atoms with van der Waals surface area (Å²) in [6.45, 7) is 1.98. The monoisotopic (exact) mass is 233 g/mol. The third kappa shape index (κ3) is 1.84. The number of aryl methyl sites for hydroxylation is 1. The number of rotatable bonds is 1. The van der Waals surface area contributed by atoms with Gasteiger partial charge in [0.25, 0.3) is 0 Å². The lowest BCUT2D eigenvalue weighted by molar-refractivity contribution is 0.478. The van der Waals surface area contributed by atoms with Crippen LogP contribution in [0.15, 0.2) is 36.4 Å². The first-order valence-electron chi connectivity index (χ1n) is 4.93. The Bertz CT molecular complexity index is 537. The van der Waals surface area contributed by atoms with E-state index in [0.717, 1.165) is 16.7 Å². The van der Waals surface area contributed by atoms with E-state index in [2.05, 4.69) is 0 Å². The third-order valence-electron chi connectivity index (χ3n) is 2.50. The fourth-order valence-corrected chi connectivity index (χ4v) is 1.85. The van der Waals surface area contributed by atoms with Crippen molar-refractivity contribution in [2.75, 3.05) is 5.73 Å². The van der Waals surface area contributed by atoms with Gasteiger partial charge in [-0.1, -0.05) is 35.4 Å². The minimum Gasteiger partial charge on any atom is -0.506 e. The van der Waals surface area contributed by atoms with Crippen molar-refractivity contribution in [3.63, 3.8) is 0 Å². The first-order chi connectivity index (χ1) is 7.59. The van der Waals surface area contributed by atoms with E-state index in [9.17, 15) is 5.11 Å². The Hall–Kier alpha value is -1.67. The van der Waals surface area contributed by atoms with Crippen LogP contribution in [0.4, 0.5) is 5.69 Å². The molecule has 3 heteroatoms. The molecule has 0 aliphatic heterocycles. The standard InChI is InChI=1S/C13H12ClNO/c1-8-5-6-11(14)10(7-8)9-3-2-4-12(16)13(9)15/h2-7,16H,15H2,1H3. The highest BCUT2D eigenvalue weighted by molar-refractivity contribution is 6.33. The molecule has 0 amide bonds. The van der Waals surface area contributed by atoms with Crippen molar-refractivity contribution >= 4 is 17.3 Å². The number of phenolic OH excluding ortho intramolecular Hbond substituents is 1. The summed E-state index contributed by atoms with van der Waals surface area (Å²) in [6.07, 6.45) is 0. The van der Waals surface area contributed by atoms with Gasteiger partial charge in [-0.05, 0) is 25.1 Å². The molecule has 2 rings (SSSR count). The molecule has 16 heavy (non-hydrogen) atoms. The Labute approximate surface area is 99.3 Å². The van der Waals surface area contributed by atoms with Crippen LogP contribution in [0.5, 0.6) is 5.75 Å². The van der Waals surface area contributed by atoms with E-state index in [1.165, 1.54) is 0 Å². The van der Waals surface area contributed by atoms with Crippen LogP contribution in [0.25, 0.3) is 11.1 Å². The Morgan fingerprint density at radius 3 is 2.62 bits per heavy atom. The van der Waals surface area contributed by atoms with Gasteiger partial charge in [0.05, 0.1) is 5.69 Å². The number of halogens is 1. The largest absolute Gasteiger partial charge is 0.506 e. The maximum Gasteiger partial charge on any atom is 0.139 e. The lowest BCUT2D eigenvalue weighted by atomic mass is 10.0. The van der Waals surface area contributed by atoms with E-state index in [4.69, 9.17) is 17.3 Å². The molecule has 2 nitrogen and oxygen atoms in total. The minimum atomic E-state index is 0.0788. The number of aromatic hydroxyl groups is 1. The first kappa shape index (κ1) is 10.8. The van der Waals surface area contributed by atoms with Crippen LogP contribution < -0.4 is 5.73 Å².